The van der Waals surface area contributed by atoms with Gasteiger partial charge in [-0.1, -0.05) is 24.3 Å². The van der Waals surface area contributed by atoms with Gasteiger partial charge in [-0.2, -0.15) is 10.2 Å². The molecule has 0 amide bonds. The summed E-state index contributed by atoms with van der Waals surface area (Å²) in [5.41, 5.74) is 4.98. The number of ether oxygens (including phenoxy) is 1. The predicted octanol–water partition coefficient (Wildman–Crippen LogP) is 2.63. The van der Waals surface area contributed by atoms with Crippen LogP contribution in [-0.4, -0.2) is 31.7 Å². The third-order valence-corrected chi connectivity index (χ3v) is 4.79. The fraction of sp³-hybridized carbons (Fsp3) is 0.421. The lowest BCUT2D eigenvalue weighted by atomic mass is 10.1. The molecule has 0 saturated heterocycles. The van der Waals surface area contributed by atoms with Crippen LogP contribution in [0.3, 0.4) is 0 Å². The van der Waals surface area contributed by atoms with Gasteiger partial charge >= 0.3 is 0 Å². The molecule has 2 heterocycles. The lowest BCUT2D eigenvalue weighted by molar-refractivity contribution is 0.177. The summed E-state index contributed by atoms with van der Waals surface area (Å²) >= 11 is 0. The van der Waals surface area contributed by atoms with E-state index in [4.69, 9.17) is 14.8 Å². The lowest BCUT2D eigenvalue weighted by Gasteiger charge is -2.13. The van der Waals surface area contributed by atoms with Crippen LogP contribution in [0.1, 0.15) is 40.2 Å². The molecule has 0 bridgehead atoms. The number of hydrogen-bond acceptors (Lipinski definition) is 4. The molecule has 6 nitrogen and oxygen atoms in total. The van der Waals surface area contributed by atoms with Crippen molar-refractivity contribution in [1.29, 1.82) is 0 Å². The van der Waals surface area contributed by atoms with Crippen molar-refractivity contribution in [2.45, 2.75) is 45.9 Å². The smallest absolute Gasteiger partial charge is 0.176 e. The van der Waals surface area contributed by atoms with Gasteiger partial charge in [-0.15, -0.1) is 0 Å². The van der Waals surface area contributed by atoms with E-state index in [9.17, 15) is 0 Å². The van der Waals surface area contributed by atoms with Gasteiger partial charge in [-0.05, 0) is 43.9 Å². The Hall–Kier alpha value is -2.47. The van der Waals surface area contributed by atoms with Crippen LogP contribution in [0.15, 0.2) is 30.3 Å². The number of hydrogen-bond donors (Lipinski definition) is 0. The summed E-state index contributed by atoms with van der Waals surface area (Å²) in [6.07, 6.45) is 1.99. The number of methoxy groups -OCH3 is 1. The molecule has 0 aliphatic heterocycles. The number of aryl methyl sites for hydroxylation is 2. The molecule has 0 unspecified atom stereocenters. The number of fused-ring (bicyclic) bond motifs is 1. The highest BCUT2D eigenvalue weighted by Gasteiger charge is 2.26. The van der Waals surface area contributed by atoms with E-state index in [0.29, 0.717) is 19.2 Å². The van der Waals surface area contributed by atoms with E-state index in [2.05, 4.69) is 47.0 Å². The highest BCUT2D eigenvalue weighted by Crippen LogP contribution is 2.30. The molecular weight excluding hydrogens is 314 g/mol. The fourth-order valence-corrected chi connectivity index (χ4v) is 3.67. The summed E-state index contributed by atoms with van der Waals surface area (Å²) in [6, 6.07) is 11.0. The molecule has 2 aromatic heterocycles. The van der Waals surface area contributed by atoms with Crippen molar-refractivity contribution in [2.75, 3.05) is 7.11 Å². The van der Waals surface area contributed by atoms with Crippen molar-refractivity contribution in [1.82, 2.24) is 24.5 Å². The van der Waals surface area contributed by atoms with E-state index in [1.807, 2.05) is 11.6 Å². The molecule has 0 fully saturated rings. The second-order valence-electron chi connectivity index (χ2n) is 6.74. The molecule has 4 rings (SSSR count). The van der Waals surface area contributed by atoms with Crippen LogP contribution in [0, 0.1) is 13.8 Å². The Balaban J connectivity index is 1.66. The Kier molecular flexibility index (Phi) is 4.13. The Bertz CT molecular complexity index is 870. The second kappa shape index (κ2) is 6.44. The Morgan fingerprint density at radius 2 is 1.84 bits per heavy atom. The van der Waals surface area contributed by atoms with E-state index in [-0.39, 0.29) is 0 Å². The maximum absolute atomic E-state index is 5.24. The Morgan fingerprint density at radius 3 is 2.44 bits per heavy atom. The zero-order chi connectivity index (χ0) is 17.4. The van der Waals surface area contributed by atoms with Gasteiger partial charge in [0, 0.05) is 12.8 Å². The van der Waals surface area contributed by atoms with Crippen molar-refractivity contribution in [3.8, 4) is 0 Å². The Morgan fingerprint density at radius 1 is 1.12 bits per heavy atom. The van der Waals surface area contributed by atoms with E-state index >= 15 is 0 Å². The fourth-order valence-electron chi connectivity index (χ4n) is 3.67. The lowest BCUT2D eigenvalue weighted by Crippen LogP contribution is -2.17. The molecule has 3 aromatic rings. The summed E-state index contributed by atoms with van der Waals surface area (Å²) in [5, 5.41) is 9.31. The standard InChI is InChI=1S/C19H23N5O/c1-13-8-14(2)23(21-13)11-19-20-18(12-25-3)22-24(19)17-9-15-6-4-5-7-16(15)10-17/h4-8,17H,9-12H2,1-3H3. The van der Waals surface area contributed by atoms with Gasteiger partial charge in [0.1, 0.15) is 19.0 Å². The monoisotopic (exact) mass is 337 g/mol. The topological polar surface area (TPSA) is 57.8 Å². The Labute approximate surface area is 147 Å². The quantitative estimate of drug-likeness (QED) is 0.718. The van der Waals surface area contributed by atoms with Crippen LogP contribution in [0.5, 0.6) is 0 Å². The van der Waals surface area contributed by atoms with E-state index in [0.717, 1.165) is 35.9 Å². The first-order chi connectivity index (χ1) is 12.1. The van der Waals surface area contributed by atoms with Crippen molar-refractivity contribution in [2.24, 2.45) is 0 Å². The molecule has 0 radical (unpaired) electrons. The number of aromatic nitrogens is 5. The van der Waals surface area contributed by atoms with E-state index in [1.165, 1.54) is 11.1 Å². The normalized spacial score (nSPS) is 14.2. The van der Waals surface area contributed by atoms with Gasteiger partial charge in [0.15, 0.2) is 5.82 Å². The minimum atomic E-state index is 0.308. The summed E-state index contributed by atoms with van der Waals surface area (Å²) < 4.78 is 9.32. The molecule has 6 heteroatoms. The first-order valence-electron chi connectivity index (χ1n) is 8.65. The molecule has 0 atom stereocenters. The molecule has 1 aromatic carbocycles. The zero-order valence-corrected chi connectivity index (χ0v) is 14.9. The average molecular weight is 337 g/mol. The summed E-state index contributed by atoms with van der Waals surface area (Å²) in [5.74, 6) is 1.67. The maximum atomic E-state index is 5.24. The average Bonchev–Trinajstić information content (AvgIpc) is 3.25. The number of nitrogens with zero attached hydrogens (tertiary/aromatic N) is 5. The molecule has 1 aliphatic carbocycles. The van der Waals surface area contributed by atoms with Gasteiger partial charge in [0.2, 0.25) is 0 Å². The van der Waals surface area contributed by atoms with Gasteiger partial charge in [-0.25, -0.2) is 9.67 Å². The highest BCUT2D eigenvalue weighted by molar-refractivity contribution is 5.33. The van der Waals surface area contributed by atoms with Crippen molar-refractivity contribution >= 4 is 0 Å². The third kappa shape index (κ3) is 3.09. The molecule has 0 spiro atoms. The number of benzene rings is 1. The SMILES string of the molecule is COCc1nc(Cn2nc(C)cc2C)n(C2Cc3ccccc3C2)n1. The second-order valence-corrected chi connectivity index (χ2v) is 6.74. The van der Waals surface area contributed by atoms with Crippen LogP contribution in [-0.2, 0) is 30.7 Å². The van der Waals surface area contributed by atoms with Gasteiger partial charge in [0.05, 0.1) is 11.7 Å². The molecule has 1 aliphatic rings. The number of rotatable bonds is 5. The van der Waals surface area contributed by atoms with E-state index in [1.54, 1.807) is 7.11 Å². The van der Waals surface area contributed by atoms with Crippen molar-refractivity contribution < 1.29 is 4.74 Å². The predicted molar refractivity (Wildman–Crippen MR) is 94.4 cm³/mol. The van der Waals surface area contributed by atoms with Crippen LogP contribution in [0.25, 0.3) is 0 Å². The third-order valence-electron chi connectivity index (χ3n) is 4.79. The van der Waals surface area contributed by atoms with Crippen LogP contribution in [0.4, 0.5) is 0 Å². The van der Waals surface area contributed by atoms with Crippen molar-refractivity contribution in [3.63, 3.8) is 0 Å². The first-order valence-corrected chi connectivity index (χ1v) is 8.65. The van der Waals surface area contributed by atoms with Crippen molar-refractivity contribution in [3.05, 3.63) is 64.5 Å². The van der Waals surface area contributed by atoms with Crippen LogP contribution in [0.2, 0.25) is 0 Å². The highest BCUT2D eigenvalue weighted by atomic mass is 16.5. The van der Waals surface area contributed by atoms with Gasteiger partial charge in [0.25, 0.3) is 0 Å². The van der Waals surface area contributed by atoms with Gasteiger partial charge in [-0.3, -0.25) is 4.68 Å². The molecule has 0 saturated carbocycles. The van der Waals surface area contributed by atoms with E-state index < -0.39 is 0 Å². The van der Waals surface area contributed by atoms with Crippen LogP contribution < -0.4 is 0 Å². The maximum Gasteiger partial charge on any atom is 0.176 e. The summed E-state index contributed by atoms with van der Waals surface area (Å²) in [7, 11) is 1.67. The minimum absolute atomic E-state index is 0.308. The summed E-state index contributed by atoms with van der Waals surface area (Å²) in [4.78, 5) is 4.72. The molecule has 25 heavy (non-hydrogen) atoms. The summed E-state index contributed by atoms with van der Waals surface area (Å²) in [6.45, 7) is 5.14. The molecule has 0 N–H and O–H groups in total. The zero-order valence-electron chi connectivity index (χ0n) is 14.9. The first kappa shape index (κ1) is 16.0. The molecular formula is C19H23N5O. The van der Waals surface area contributed by atoms with Gasteiger partial charge < -0.3 is 4.74 Å². The molecule has 130 valence electrons. The minimum Gasteiger partial charge on any atom is -0.377 e. The van der Waals surface area contributed by atoms with Crippen LogP contribution >= 0.6 is 0 Å². The largest absolute Gasteiger partial charge is 0.377 e.